The zero-order valence-corrected chi connectivity index (χ0v) is 22.1. The Morgan fingerprint density at radius 2 is 1.78 bits per heavy atom. The molecule has 1 fully saturated rings. The molecule has 0 heterocycles. The van der Waals surface area contributed by atoms with E-state index >= 15 is 0 Å². The van der Waals surface area contributed by atoms with Crippen molar-refractivity contribution >= 4 is 11.5 Å². The molecule has 0 bridgehead atoms. The number of anilines is 1. The van der Waals surface area contributed by atoms with Crippen molar-refractivity contribution in [2.45, 2.75) is 57.9 Å². The van der Waals surface area contributed by atoms with Gasteiger partial charge in [0.15, 0.2) is 0 Å². The first-order valence-electron chi connectivity index (χ1n) is 13.6. The van der Waals surface area contributed by atoms with Crippen LogP contribution in [0.2, 0.25) is 0 Å². The van der Waals surface area contributed by atoms with Gasteiger partial charge in [-0.15, -0.1) is 0 Å². The number of phenolic OH excluding ortho intramolecular Hbond substituents is 1. The Labute approximate surface area is 221 Å². The topological polar surface area (TPSA) is 71.1 Å². The van der Waals surface area contributed by atoms with Crippen LogP contribution in [-0.4, -0.2) is 31.1 Å². The average molecular weight is 498 g/mol. The van der Waals surface area contributed by atoms with E-state index in [1.165, 1.54) is 46.3 Å². The van der Waals surface area contributed by atoms with E-state index in [0.717, 1.165) is 56.9 Å². The van der Waals surface area contributed by atoms with Gasteiger partial charge in [-0.3, -0.25) is 4.99 Å². The standard InChI is InChI=1S/C32H39N3O2/c1-3-35(21-23-6-4-22(5-7-23)16-17-34-32(33)24-8-9-24)31-20-29(37-2)14-15-30(31)27-11-10-26-19-28(36)13-12-25(26)18-27/h4-7,12-15,19-20,24,27,36H,3,8-11,16-18,21H2,1-2H3,(H2,33,34). The summed E-state index contributed by atoms with van der Waals surface area (Å²) in [4.78, 5) is 7.01. The van der Waals surface area contributed by atoms with Gasteiger partial charge in [0.25, 0.3) is 0 Å². The number of benzene rings is 3. The highest BCUT2D eigenvalue weighted by atomic mass is 16.5. The summed E-state index contributed by atoms with van der Waals surface area (Å²) in [5, 5.41) is 9.89. The van der Waals surface area contributed by atoms with E-state index in [0.29, 0.717) is 17.6 Å². The number of aliphatic imine (C=N–C) groups is 1. The molecular weight excluding hydrogens is 458 g/mol. The van der Waals surface area contributed by atoms with Crippen molar-refractivity contribution in [2.75, 3.05) is 25.1 Å². The average Bonchev–Trinajstić information content (AvgIpc) is 3.78. The Hall–Kier alpha value is -3.47. The number of amidine groups is 1. The number of ether oxygens (including phenoxy) is 1. The number of methoxy groups -OCH3 is 1. The fourth-order valence-corrected chi connectivity index (χ4v) is 5.50. The smallest absolute Gasteiger partial charge is 0.120 e. The van der Waals surface area contributed by atoms with Gasteiger partial charge in [-0.05, 0) is 97.4 Å². The monoisotopic (exact) mass is 497 g/mol. The molecule has 0 spiro atoms. The second-order valence-electron chi connectivity index (χ2n) is 10.5. The molecule has 0 amide bonds. The first-order chi connectivity index (χ1) is 18.0. The van der Waals surface area contributed by atoms with Crippen molar-refractivity contribution in [3.05, 3.63) is 88.5 Å². The van der Waals surface area contributed by atoms with Crippen molar-refractivity contribution in [1.82, 2.24) is 0 Å². The van der Waals surface area contributed by atoms with Crippen molar-refractivity contribution in [2.24, 2.45) is 16.6 Å². The molecule has 3 aromatic rings. The molecule has 3 N–H and O–H groups in total. The third kappa shape index (κ3) is 6.10. The van der Waals surface area contributed by atoms with E-state index in [-0.39, 0.29) is 0 Å². The quantitative estimate of drug-likeness (QED) is 0.266. The molecule has 5 heteroatoms. The normalized spacial score (nSPS) is 17.4. The van der Waals surface area contributed by atoms with Crippen LogP contribution in [0.1, 0.15) is 59.9 Å². The summed E-state index contributed by atoms with van der Waals surface area (Å²) in [5.41, 5.74) is 13.9. The fraction of sp³-hybridized carbons (Fsp3) is 0.406. The van der Waals surface area contributed by atoms with Crippen molar-refractivity contribution in [1.29, 1.82) is 0 Å². The minimum atomic E-state index is 0.362. The molecule has 2 aliphatic carbocycles. The molecule has 3 aromatic carbocycles. The zero-order chi connectivity index (χ0) is 25.8. The first-order valence-corrected chi connectivity index (χ1v) is 13.6. The molecule has 5 nitrogen and oxygen atoms in total. The highest BCUT2D eigenvalue weighted by molar-refractivity contribution is 5.84. The lowest BCUT2D eigenvalue weighted by Gasteiger charge is -2.32. The van der Waals surface area contributed by atoms with Gasteiger partial charge in [0.05, 0.1) is 12.9 Å². The minimum Gasteiger partial charge on any atom is -0.508 e. The fourth-order valence-electron chi connectivity index (χ4n) is 5.50. The van der Waals surface area contributed by atoms with Crippen LogP contribution in [0.15, 0.2) is 65.7 Å². The summed E-state index contributed by atoms with van der Waals surface area (Å²) < 4.78 is 5.63. The number of fused-ring (bicyclic) bond motifs is 1. The molecule has 5 rings (SSSR count). The van der Waals surface area contributed by atoms with Gasteiger partial charge in [-0.2, -0.15) is 0 Å². The van der Waals surface area contributed by atoms with Gasteiger partial charge in [0, 0.05) is 37.3 Å². The van der Waals surface area contributed by atoms with Crippen LogP contribution in [0, 0.1) is 5.92 Å². The summed E-state index contributed by atoms with van der Waals surface area (Å²) in [7, 11) is 1.74. The number of hydrogen-bond donors (Lipinski definition) is 2. The van der Waals surface area contributed by atoms with Gasteiger partial charge in [0.2, 0.25) is 0 Å². The van der Waals surface area contributed by atoms with Gasteiger partial charge < -0.3 is 20.5 Å². The number of rotatable bonds is 10. The molecule has 0 saturated heterocycles. The lowest BCUT2D eigenvalue weighted by Crippen LogP contribution is -2.25. The molecule has 0 aromatic heterocycles. The number of nitrogens with two attached hydrogens (primary N) is 1. The predicted octanol–water partition coefficient (Wildman–Crippen LogP) is 6.01. The number of phenols is 1. The number of aryl methyl sites for hydroxylation is 1. The highest BCUT2D eigenvalue weighted by Crippen LogP contribution is 2.40. The largest absolute Gasteiger partial charge is 0.508 e. The molecule has 1 unspecified atom stereocenters. The van der Waals surface area contributed by atoms with Crippen LogP contribution in [0.4, 0.5) is 5.69 Å². The van der Waals surface area contributed by atoms with Gasteiger partial charge in [0.1, 0.15) is 11.5 Å². The summed E-state index contributed by atoms with van der Waals surface area (Å²) in [6, 6.07) is 21.3. The van der Waals surface area contributed by atoms with Crippen LogP contribution in [0.3, 0.4) is 0 Å². The molecule has 1 atom stereocenters. The Morgan fingerprint density at radius 3 is 2.51 bits per heavy atom. The van der Waals surface area contributed by atoms with E-state index in [9.17, 15) is 5.11 Å². The van der Waals surface area contributed by atoms with Crippen LogP contribution < -0.4 is 15.4 Å². The Morgan fingerprint density at radius 1 is 1.00 bits per heavy atom. The van der Waals surface area contributed by atoms with E-state index in [4.69, 9.17) is 10.5 Å². The molecule has 1 saturated carbocycles. The lowest BCUT2D eigenvalue weighted by atomic mass is 9.79. The maximum Gasteiger partial charge on any atom is 0.120 e. The molecule has 37 heavy (non-hydrogen) atoms. The Kier molecular flexibility index (Phi) is 7.68. The van der Waals surface area contributed by atoms with Crippen LogP contribution in [0.25, 0.3) is 0 Å². The Bertz CT molecular complexity index is 1250. The summed E-state index contributed by atoms with van der Waals surface area (Å²) in [5.74, 6) is 3.07. The SMILES string of the molecule is CCN(Cc1ccc(CCN=C(N)C2CC2)cc1)c1cc(OC)ccc1C1CCc2cc(O)ccc2C1. The second kappa shape index (κ2) is 11.3. The number of aromatic hydroxyl groups is 1. The van der Waals surface area contributed by atoms with Crippen molar-refractivity contribution in [3.63, 3.8) is 0 Å². The second-order valence-corrected chi connectivity index (χ2v) is 10.5. The Balaban J connectivity index is 1.31. The van der Waals surface area contributed by atoms with Crippen LogP contribution in [-0.2, 0) is 25.8 Å². The minimum absolute atomic E-state index is 0.362. The molecule has 0 radical (unpaired) electrons. The van der Waals surface area contributed by atoms with E-state index in [2.05, 4.69) is 65.3 Å². The summed E-state index contributed by atoms with van der Waals surface area (Å²) in [6.07, 6.45) is 6.39. The number of hydrogen-bond acceptors (Lipinski definition) is 4. The van der Waals surface area contributed by atoms with Crippen molar-refractivity contribution < 1.29 is 9.84 Å². The van der Waals surface area contributed by atoms with E-state index in [1.54, 1.807) is 7.11 Å². The molecule has 2 aliphatic rings. The molecular formula is C32H39N3O2. The van der Waals surface area contributed by atoms with E-state index in [1.807, 2.05) is 12.1 Å². The van der Waals surface area contributed by atoms with Gasteiger partial charge in [-0.1, -0.05) is 36.4 Å². The third-order valence-corrected chi connectivity index (χ3v) is 7.91. The first kappa shape index (κ1) is 25.2. The third-order valence-electron chi connectivity index (χ3n) is 7.91. The highest BCUT2D eigenvalue weighted by Gasteiger charge is 2.26. The van der Waals surface area contributed by atoms with Crippen LogP contribution in [0.5, 0.6) is 11.5 Å². The maximum absolute atomic E-state index is 9.89. The summed E-state index contributed by atoms with van der Waals surface area (Å²) in [6.45, 7) is 4.74. The zero-order valence-electron chi connectivity index (χ0n) is 22.1. The van der Waals surface area contributed by atoms with Gasteiger partial charge in [-0.25, -0.2) is 0 Å². The molecule has 194 valence electrons. The van der Waals surface area contributed by atoms with Crippen LogP contribution >= 0.6 is 0 Å². The molecule has 0 aliphatic heterocycles. The van der Waals surface area contributed by atoms with E-state index < -0.39 is 0 Å². The van der Waals surface area contributed by atoms with Crippen molar-refractivity contribution in [3.8, 4) is 11.5 Å². The predicted molar refractivity (Wildman–Crippen MR) is 152 cm³/mol. The van der Waals surface area contributed by atoms with Gasteiger partial charge >= 0.3 is 0 Å². The maximum atomic E-state index is 9.89. The lowest BCUT2D eigenvalue weighted by molar-refractivity contribution is 0.414. The number of nitrogens with zero attached hydrogens (tertiary/aromatic N) is 2. The summed E-state index contributed by atoms with van der Waals surface area (Å²) >= 11 is 0.